The van der Waals surface area contributed by atoms with Gasteiger partial charge in [-0.15, -0.1) is 0 Å². The zero-order valence-electron chi connectivity index (χ0n) is 12.8. The molecule has 1 N–H and O–H groups in total. The summed E-state index contributed by atoms with van der Waals surface area (Å²) in [6.45, 7) is 9.57. The summed E-state index contributed by atoms with van der Waals surface area (Å²) in [7, 11) is 0. The molecule has 0 aliphatic carbocycles. The topological polar surface area (TPSA) is 49.8 Å². The summed E-state index contributed by atoms with van der Waals surface area (Å²) >= 11 is 0. The minimum Gasteiger partial charge on any atom is -0.494 e. The van der Waals surface area contributed by atoms with E-state index in [0.717, 1.165) is 12.3 Å². The third-order valence-electron chi connectivity index (χ3n) is 3.57. The standard InChI is InChI=1S/C16H25NO3/c1-5-17(12(3)11-16(18)19)13(4)14-7-9-15(10-8-14)20-6-2/h7-10,12-13H,5-6,11H2,1-4H3,(H,18,19). The van der Waals surface area contributed by atoms with Crippen LogP contribution in [-0.2, 0) is 4.79 Å². The maximum Gasteiger partial charge on any atom is 0.304 e. The monoisotopic (exact) mass is 279 g/mol. The lowest BCUT2D eigenvalue weighted by Crippen LogP contribution is -2.36. The predicted molar refractivity (Wildman–Crippen MR) is 80.1 cm³/mol. The molecule has 0 fully saturated rings. The quantitative estimate of drug-likeness (QED) is 0.793. The minimum absolute atomic E-state index is 0.0130. The zero-order chi connectivity index (χ0) is 15.1. The van der Waals surface area contributed by atoms with Gasteiger partial charge < -0.3 is 9.84 Å². The van der Waals surface area contributed by atoms with Crippen molar-refractivity contribution in [2.45, 2.75) is 46.2 Å². The zero-order valence-corrected chi connectivity index (χ0v) is 12.8. The van der Waals surface area contributed by atoms with Crippen LogP contribution in [0, 0.1) is 0 Å². The molecule has 2 atom stereocenters. The smallest absolute Gasteiger partial charge is 0.304 e. The summed E-state index contributed by atoms with van der Waals surface area (Å²) in [5, 5.41) is 8.93. The molecular formula is C16H25NO3. The van der Waals surface area contributed by atoms with Gasteiger partial charge in [-0.25, -0.2) is 0 Å². The van der Waals surface area contributed by atoms with E-state index in [1.165, 1.54) is 5.56 Å². The lowest BCUT2D eigenvalue weighted by atomic mass is 10.0. The van der Waals surface area contributed by atoms with E-state index in [0.29, 0.717) is 6.61 Å². The van der Waals surface area contributed by atoms with Gasteiger partial charge in [0.25, 0.3) is 0 Å². The van der Waals surface area contributed by atoms with Gasteiger partial charge in [0.15, 0.2) is 0 Å². The van der Waals surface area contributed by atoms with Gasteiger partial charge in [-0.2, -0.15) is 0 Å². The highest BCUT2D eigenvalue weighted by molar-refractivity contribution is 5.67. The Labute approximate surface area is 121 Å². The maximum atomic E-state index is 10.9. The van der Waals surface area contributed by atoms with Crippen molar-refractivity contribution >= 4 is 5.97 Å². The predicted octanol–water partition coefficient (Wildman–Crippen LogP) is 3.33. The van der Waals surface area contributed by atoms with Crippen LogP contribution in [0.15, 0.2) is 24.3 Å². The van der Waals surface area contributed by atoms with E-state index in [4.69, 9.17) is 9.84 Å². The van der Waals surface area contributed by atoms with Crippen LogP contribution < -0.4 is 4.74 Å². The van der Waals surface area contributed by atoms with Gasteiger partial charge in [-0.3, -0.25) is 9.69 Å². The van der Waals surface area contributed by atoms with Crippen LogP contribution in [-0.4, -0.2) is 35.2 Å². The number of carboxylic acid groups (broad SMARTS) is 1. The third-order valence-corrected chi connectivity index (χ3v) is 3.57. The number of nitrogens with zero attached hydrogens (tertiary/aromatic N) is 1. The normalized spacial score (nSPS) is 14.1. The molecule has 1 aromatic rings. The van der Waals surface area contributed by atoms with E-state index in [1.807, 2.05) is 38.1 Å². The fourth-order valence-corrected chi connectivity index (χ4v) is 2.54. The molecule has 0 aliphatic rings. The first kappa shape index (κ1) is 16.5. The van der Waals surface area contributed by atoms with Crippen LogP contribution in [0.3, 0.4) is 0 Å². The van der Waals surface area contributed by atoms with Crippen molar-refractivity contribution in [3.63, 3.8) is 0 Å². The average molecular weight is 279 g/mol. The fraction of sp³-hybridized carbons (Fsp3) is 0.562. The van der Waals surface area contributed by atoms with Crippen LogP contribution in [0.25, 0.3) is 0 Å². The summed E-state index contributed by atoms with van der Waals surface area (Å²) < 4.78 is 5.44. The Bertz CT molecular complexity index is 416. The second-order valence-electron chi connectivity index (χ2n) is 4.96. The van der Waals surface area contributed by atoms with Gasteiger partial charge in [-0.1, -0.05) is 19.1 Å². The Morgan fingerprint density at radius 2 is 1.85 bits per heavy atom. The number of rotatable bonds is 8. The van der Waals surface area contributed by atoms with E-state index in [9.17, 15) is 4.79 Å². The molecule has 0 radical (unpaired) electrons. The number of ether oxygens (including phenoxy) is 1. The molecule has 0 aromatic heterocycles. The SMILES string of the molecule is CCOc1ccc(C(C)N(CC)C(C)CC(=O)O)cc1. The number of carboxylic acids is 1. The van der Waals surface area contributed by atoms with Crippen molar-refractivity contribution in [3.05, 3.63) is 29.8 Å². The second kappa shape index (κ2) is 7.90. The van der Waals surface area contributed by atoms with E-state index < -0.39 is 5.97 Å². The van der Waals surface area contributed by atoms with Crippen molar-refractivity contribution in [2.24, 2.45) is 0 Å². The molecule has 4 heteroatoms. The lowest BCUT2D eigenvalue weighted by molar-refractivity contribution is -0.138. The van der Waals surface area contributed by atoms with E-state index >= 15 is 0 Å². The summed E-state index contributed by atoms with van der Waals surface area (Å²) in [6, 6.07) is 8.22. The van der Waals surface area contributed by atoms with Crippen molar-refractivity contribution in [1.82, 2.24) is 4.90 Å². The van der Waals surface area contributed by atoms with Crippen molar-refractivity contribution in [1.29, 1.82) is 0 Å². The molecule has 112 valence electrons. The van der Waals surface area contributed by atoms with Crippen LogP contribution in [0.1, 0.15) is 45.7 Å². The highest BCUT2D eigenvalue weighted by Gasteiger charge is 2.21. The van der Waals surface area contributed by atoms with Gasteiger partial charge in [0, 0.05) is 12.1 Å². The molecule has 1 aromatic carbocycles. The average Bonchev–Trinajstić information content (AvgIpc) is 2.39. The first-order chi connectivity index (χ1) is 9.49. The Hall–Kier alpha value is -1.55. The van der Waals surface area contributed by atoms with Gasteiger partial charge in [0.1, 0.15) is 5.75 Å². The number of hydrogen-bond donors (Lipinski definition) is 1. The molecular weight excluding hydrogens is 254 g/mol. The Kier molecular flexibility index (Phi) is 6.52. The van der Waals surface area contributed by atoms with E-state index in [1.54, 1.807) is 0 Å². The van der Waals surface area contributed by atoms with Crippen LogP contribution in [0.4, 0.5) is 0 Å². The molecule has 4 nitrogen and oxygen atoms in total. The Morgan fingerprint density at radius 3 is 2.30 bits per heavy atom. The highest BCUT2D eigenvalue weighted by Crippen LogP contribution is 2.25. The molecule has 1 rings (SSSR count). The van der Waals surface area contributed by atoms with Crippen LogP contribution >= 0.6 is 0 Å². The summed E-state index contributed by atoms with van der Waals surface area (Å²) in [5.74, 6) is 0.111. The number of hydrogen-bond acceptors (Lipinski definition) is 3. The summed E-state index contributed by atoms with van der Waals surface area (Å²) in [5.41, 5.74) is 1.17. The van der Waals surface area contributed by atoms with Crippen LogP contribution in [0.5, 0.6) is 5.75 Å². The van der Waals surface area contributed by atoms with Gasteiger partial charge in [0.2, 0.25) is 0 Å². The molecule has 0 amide bonds. The maximum absolute atomic E-state index is 10.9. The molecule has 0 aliphatic heterocycles. The number of aliphatic carboxylic acids is 1. The van der Waals surface area contributed by atoms with Crippen LogP contribution in [0.2, 0.25) is 0 Å². The Morgan fingerprint density at radius 1 is 1.25 bits per heavy atom. The first-order valence-electron chi connectivity index (χ1n) is 7.19. The molecule has 0 bridgehead atoms. The minimum atomic E-state index is -0.755. The van der Waals surface area contributed by atoms with E-state index in [-0.39, 0.29) is 18.5 Å². The largest absolute Gasteiger partial charge is 0.494 e. The molecule has 0 heterocycles. The van der Waals surface area contributed by atoms with Crippen molar-refractivity contribution < 1.29 is 14.6 Å². The second-order valence-corrected chi connectivity index (χ2v) is 4.96. The molecule has 0 saturated heterocycles. The summed E-state index contributed by atoms with van der Waals surface area (Å²) in [4.78, 5) is 13.1. The Balaban J connectivity index is 2.79. The van der Waals surface area contributed by atoms with Gasteiger partial charge >= 0.3 is 5.97 Å². The lowest BCUT2D eigenvalue weighted by Gasteiger charge is -2.33. The van der Waals surface area contributed by atoms with Crippen molar-refractivity contribution in [3.8, 4) is 5.75 Å². The fourth-order valence-electron chi connectivity index (χ4n) is 2.54. The third kappa shape index (κ3) is 4.53. The summed E-state index contributed by atoms with van der Waals surface area (Å²) in [6.07, 6.45) is 0.162. The van der Waals surface area contributed by atoms with Gasteiger partial charge in [-0.05, 0) is 45.0 Å². The van der Waals surface area contributed by atoms with Gasteiger partial charge in [0.05, 0.1) is 13.0 Å². The number of carbonyl (C=O) groups is 1. The molecule has 2 unspecified atom stereocenters. The molecule has 0 spiro atoms. The van der Waals surface area contributed by atoms with E-state index in [2.05, 4.69) is 18.7 Å². The van der Waals surface area contributed by atoms with Crippen molar-refractivity contribution in [2.75, 3.05) is 13.2 Å². The number of benzene rings is 1. The molecule has 0 saturated carbocycles. The first-order valence-corrected chi connectivity index (χ1v) is 7.19. The highest BCUT2D eigenvalue weighted by atomic mass is 16.5. The molecule has 20 heavy (non-hydrogen) atoms.